The molecule has 4 aliphatic rings. The summed E-state index contributed by atoms with van der Waals surface area (Å²) in [5.41, 5.74) is -1.30. The standard InChI is InChI=1S/2C19H21FN2O6.H2O/c2*1-27-14-8-21(7-13(14)23)16-12(20)5-10-15(18(16)28-2)22(9-3-4-9)6-11(17(10)24)19(25)26;/h2*5-6,9,13-14,23H,3-4,7-8H2,1-2H3,(H,25,26);1H2. The van der Waals surface area contributed by atoms with E-state index in [1.807, 2.05) is 0 Å². The Balaban J connectivity index is 0.000000189. The number of aromatic carboxylic acids is 2. The van der Waals surface area contributed by atoms with Gasteiger partial charge in [0, 0.05) is 64.9 Å². The number of benzene rings is 2. The Kier molecular flexibility index (Phi) is 11.5. The van der Waals surface area contributed by atoms with E-state index in [2.05, 4.69) is 0 Å². The van der Waals surface area contributed by atoms with Crippen molar-refractivity contribution in [1.29, 1.82) is 0 Å². The smallest absolute Gasteiger partial charge is 0.341 e. The highest BCUT2D eigenvalue weighted by atomic mass is 19.1. The summed E-state index contributed by atoms with van der Waals surface area (Å²) in [6, 6.07) is 2.19. The molecule has 2 aromatic heterocycles. The molecule has 2 saturated heterocycles. The van der Waals surface area contributed by atoms with Crippen molar-refractivity contribution in [2.75, 3.05) is 64.4 Å². The Hall–Kier alpha value is -5.34. The van der Waals surface area contributed by atoms with Crippen molar-refractivity contribution in [1.82, 2.24) is 9.13 Å². The first-order valence-corrected chi connectivity index (χ1v) is 18.0. The number of β-amino-alcohol motifs (C(OH)–C–C–N with tert-alkyl or cyclic N) is 2. The molecular formula is C38H44F2N4O13. The van der Waals surface area contributed by atoms with Crippen LogP contribution in [0, 0.1) is 11.6 Å². The Bertz CT molecular complexity index is 2200. The third-order valence-electron chi connectivity index (χ3n) is 10.9. The van der Waals surface area contributed by atoms with Gasteiger partial charge in [0.25, 0.3) is 0 Å². The van der Waals surface area contributed by atoms with E-state index in [1.165, 1.54) is 40.8 Å². The molecule has 4 atom stereocenters. The number of hydrogen-bond donors (Lipinski definition) is 4. The van der Waals surface area contributed by atoms with Crippen LogP contribution in [-0.2, 0) is 9.47 Å². The van der Waals surface area contributed by atoms with Gasteiger partial charge in [-0.05, 0) is 37.8 Å². The number of carboxylic acid groups (broad SMARTS) is 2. The van der Waals surface area contributed by atoms with Gasteiger partial charge in [0.15, 0.2) is 23.1 Å². The Morgan fingerprint density at radius 1 is 0.649 bits per heavy atom. The summed E-state index contributed by atoms with van der Waals surface area (Å²) in [5.74, 6) is -3.82. The summed E-state index contributed by atoms with van der Waals surface area (Å²) in [6.45, 7) is 0.824. The zero-order valence-electron chi connectivity index (χ0n) is 31.5. The molecule has 6 N–H and O–H groups in total. The zero-order valence-corrected chi connectivity index (χ0v) is 31.5. The van der Waals surface area contributed by atoms with Gasteiger partial charge in [-0.1, -0.05) is 0 Å². The number of aromatic nitrogens is 2. The number of aliphatic hydroxyl groups is 2. The number of carboxylic acids is 2. The minimum Gasteiger partial charge on any atom is -0.492 e. The quantitative estimate of drug-likeness (QED) is 0.180. The van der Waals surface area contributed by atoms with Crippen LogP contribution in [0.4, 0.5) is 20.2 Å². The highest BCUT2D eigenvalue weighted by molar-refractivity contribution is 5.98. The molecule has 308 valence electrons. The molecule has 4 unspecified atom stereocenters. The van der Waals surface area contributed by atoms with E-state index >= 15 is 8.78 Å². The van der Waals surface area contributed by atoms with Gasteiger partial charge in [0.05, 0.1) is 48.2 Å². The minimum atomic E-state index is -1.35. The first-order valence-electron chi connectivity index (χ1n) is 18.0. The van der Waals surface area contributed by atoms with Crippen molar-refractivity contribution in [3.63, 3.8) is 0 Å². The van der Waals surface area contributed by atoms with Gasteiger partial charge >= 0.3 is 11.9 Å². The molecule has 0 bridgehead atoms. The van der Waals surface area contributed by atoms with E-state index in [0.29, 0.717) is 11.0 Å². The van der Waals surface area contributed by atoms with Crippen molar-refractivity contribution in [2.24, 2.45) is 0 Å². The highest BCUT2D eigenvalue weighted by Gasteiger charge is 2.38. The van der Waals surface area contributed by atoms with E-state index in [9.17, 15) is 39.6 Å². The molecule has 19 heteroatoms. The Morgan fingerprint density at radius 2 is 1.00 bits per heavy atom. The second kappa shape index (κ2) is 15.9. The summed E-state index contributed by atoms with van der Waals surface area (Å²) >= 11 is 0. The summed E-state index contributed by atoms with van der Waals surface area (Å²) < 4.78 is 55.1. The molecule has 2 aliphatic heterocycles. The number of anilines is 2. The van der Waals surface area contributed by atoms with E-state index in [-0.39, 0.29) is 77.4 Å². The topological polar surface area (TPSA) is 234 Å². The van der Waals surface area contributed by atoms with Crippen molar-refractivity contribution in [2.45, 2.75) is 62.2 Å². The number of hydrogen-bond acceptors (Lipinski definition) is 12. The maximum atomic E-state index is 15.1. The lowest BCUT2D eigenvalue weighted by Crippen LogP contribution is -2.25. The van der Waals surface area contributed by atoms with Crippen molar-refractivity contribution < 1.29 is 63.2 Å². The molecule has 2 aliphatic carbocycles. The molecule has 57 heavy (non-hydrogen) atoms. The lowest BCUT2D eigenvalue weighted by molar-refractivity contribution is 0.0217. The summed E-state index contributed by atoms with van der Waals surface area (Å²) in [4.78, 5) is 51.6. The molecule has 0 amide bonds. The fraction of sp³-hybridized carbons (Fsp3) is 0.474. The molecular weight excluding hydrogens is 758 g/mol. The maximum Gasteiger partial charge on any atom is 0.341 e. The largest absolute Gasteiger partial charge is 0.492 e. The second-order valence-electron chi connectivity index (χ2n) is 14.4. The third-order valence-corrected chi connectivity index (χ3v) is 10.9. The second-order valence-corrected chi connectivity index (χ2v) is 14.4. The molecule has 4 heterocycles. The van der Waals surface area contributed by atoms with Crippen LogP contribution >= 0.6 is 0 Å². The molecule has 0 radical (unpaired) electrons. The monoisotopic (exact) mass is 802 g/mol. The van der Waals surface area contributed by atoms with Crippen LogP contribution in [0.15, 0.2) is 34.1 Å². The van der Waals surface area contributed by atoms with Crippen LogP contribution in [0.1, 0.15) is 58.5 Å². The van der Waals surface area contributed by atoms with Crippen LogP contribution < -0.4 is 30.1 Å². The number of pyridine rings is 2. The highest BCUT2D eigenvalue weighted by Crippen LogP contribution is 2.46. The van der Waals surface area contributed by atoms with Gasteiger partial charge in [-0.3, -0.25) is 9.59 Å². The van der Waals surface area contributed by atoms with Gasteiger partial charge in [-0.2, -0.15) is 0 Å². The number of carbonyl (C=O) groups is 2. The summed E-state index contributed by atoms with van der Waals surface area (Å²) in [6.07, 6.45) is 3.44. The fourth-order valence-corrected chi connectivity index (χ4v) is 7.79. The van der Waals surface area contributed by atoms with Crippen molar-refractivity contribution in [3.05, 3.63) is 67.7 Å². The number of halogens is 2. The molecule has 2 saturated carbocycles. The van der Waals surface area contributed by atoms with Gasteiger partial charge in [-0.15, -0.1) is 0 Å². The van der Waals surface area contributed by atoms with Crippen LogP contribution in [0.2, 0.25) is 0 Å². The SMILES string of the molecule is COc1c(N2CC(O)C(OC)C2)c(F)cc2c(=O)c(C(=O)O)cn(C3CC3)c12.COc1c(N2CC(O)C(OC)C2)c(F)cc2c(=O)c(C(=O)O)cn(C3CC3)c12.O. The average Bonchev–Trinajstić information content (AvgIpc) is 4.11. The predicted octanol–water partition coefficient (Wildman–Crippen LogP) is 1.93. The van der Waals surface area contributed by atoms with Crippen LogP contribution in [0.5, 0.6) is 11.5 Å². The molecule has 2 aromatic carbocycles. The first kappa shape index (κ1) is 41.3. The summed E-state index contributed by atoms with van der Waals surface area (Å²) in [5, 5.41) is 38.9. The van der Waals surface area contributed by atoms with Crippen LogP contribution in [-0.4, -0.2) is 126 Å². The van der Waals surface area contributed by atoms with E-state index in [1.54, 1.807) is 18.9 Å². The molecule has 8 rings (SSSR count). The normalized spacial score (nSPS) is 21.7. The lowest BCUT2D eigenvalue weighted by Gasteiger charge is -2.24. The van der Waals surface area contributed by atoms with E-state index < -0.39 is 70.0 Å². The van der Waals surface area contributed by atoms with Gasteiger partial charge in [0.2, 0.25) is 10.9 Å². The third kappa shape index (κ3) is 7.25. The first-order chi connectivity index (χ1) is 26.7. The molecule has 0 spiro atoms. The van der Waals surface area contributed by atoms with Gasteiger partial charge in [0.1, 0.15) is 34.7 Å². The van der Waals surface area contributed by atoms with E-state index in [0.717, 1.165) is 37.8 Å². The number of nitrogens with zero attached hydrogens (tertiary/aromatic N) is 4. The Morgan fingerprint density at radius 3 is 1.26 bits per heavy atom. The minimum absolute atomic E-state index is 0. The Labute approximate surface area is 323 Å². The molecule has 4 fully saturated rings. The number of rotatable bonds is 10. The molecule has 4 aromatic rings. The maximum absolute atomic E-state index is 15.1. The van der Waals surface area contributed by atoms with E-state index in [4.69, 9.17) is 18.9 Å². The molecule has 17 nitrogen and oxygen atoms in total. The van der Waals surface area contributed by atoms with Crippen molar-refractivity contribution in [3.8, 4) is 11.5 Å². The zero-order chi connectivity index (χ0) is 40.3. The van der Waals surface area contributed by atoms with Gasteiger partial charge < -0.3 is 63.8 Å². The number of aliphatic hydroxyl groups excluding tert-OH is 2. The lowest BCUT2D eigenvalue weighted by atomic mass is 10.1. The van der Waals surface area contributed by atoms with Crippen molar-refractivity contribution >= 4 is 45.1 Å². The number of ether oxygens (including phenoxy) is 4. The van der Waals surface area contributed by atoms with Crippen LogP contribution in [0.25, 0.3) is 21.8 Å². The van der Waals surface area contributed by atoms with Crippen LogP contribution in [0.3, 0.4) is 0 Å². The average molecular weight is 803 g/mol. The number of fused-ring (bicyclic) bond motifs is 2. The van der Waals surface area contributed by atoms with Gasteiger partial charge in [-0.25, -0.2) is 18.4 Å². The predicted molar refractivity (Wildman–Crippen MR) is 202 cm³/mol. The number of methoxy groups -OCH3 is 4. The summed E-state index contributed by atoms with van der Waals surface area (Å²) in [7, 11) is 5.71. The fourth-order valence-electron chi connectivity index (χ4n) is 7.79.